The Morgan fingerprint density at radius 1 is 1.53 bits per heavy atom. The van der Waals surface area contributed by atoms with Crippen LogP contribution in [0, 0.1) is 23.1 Å². The van der Waals surface area contributed by atoms with E-state index in [0.717, 1.165) is 5.56 Å². The summed E-state index contributed by atoms with van der Waals surface area (Å²) in [5.41, 5.74) is 1.52. The van der Waals surface area contributed by atoms with Gasteiger partial charge in [0.05, 0.1) is 17.7 Å². The first-order valence-electron chi connectivity index (χ1n) is 5.61. The Bertz CT molecular complexity index is 414. The maximum atomic E-state index is 13.9. The van der Waals surface area contributed by atoms with Gasteiger partial charge in [-0.15, -0.1) is 0 Å². The lowest BCUT2D eigenvalue weighted by Gasteiger charge is -2.26. The largest absolute Gasteiger partial charge is 0.368 e. The van der Waals surface area contributed by atoms with Crippen molar-refractivity contribution in [1.82, 2.24) is 0 Å². The molecule has 17 heavy (non-hydrogen) atoms. The van der Waals surface area contributed by atoms with E-state index in [-0.39, 0.29) is 11.7 Å². The molecule has 0 N–H and O–H groups in total. The third kappa shape index (κ3) is 3.44. The molecule has 92 valence electrons. The Morgan fingerprint density at radius 3 is 2.76 bits per heavy atom. The number of rotatable bonds is 5. The molecule has 0 aliphatic heterocycles. The van der Waals surface area contributed by atoms with Crippen LogP contribution in [0.25, 0.3) is 0 Å². The molecule has 0 saturated carbocycles. The van der Waals surface area contributed by atoms with Gasteiger partial charge in [0, 0.05) is 18.4 Å². The van der Waals surface area contributed by atoms with E-state index in [1.807, 2.05) is 24.8 Å². The summed E-state index contributed by atoms with van der Waals surface area (Å²) in [6.45, 7) is 5.05. The topological polar surface area (TPSA) is 27.0 Å². The van der Waals surface area contributed by atoms with E-state index >= 15 is 0 Å². The molecule has 0 aliphatic rings. The highest BCUT2D eigenvalue weighted by atomic mass is 79.9. The van der Waals surface area contributed by atoms with Crippen LogP contribution in [0.5, 0.6) is 0 Å². The molecule has 0 heterocycles. The monoisotopic (exact) mass is 298 g/mol. The lowest BCUT2D eigenvalue weighted by atomic mass is 10.1. The van der Waals surface area contributed by atoms with Crippen molar-refractivity contribution in [2.24, 2.45) is 5.92 Å². The second-order valence-electron chi connectivity index (χ2n) is 3.95. The zero-order valence-corrected chi connectivity index (χ0v) is 11.7. The second kappa shape index (κ2) is 6.61. The molecule has 4 heteroatoms. The molecule has 1 rings (SSSR count). The Hall–Kier alpha value is -1.08. The van der Waals surface area contributed by atoms with Crippen molar-refractivity contribution in [2.75, 3.05) is 18.0 Å². The molecule has 0 radical (unpaired) electrons. The Morgan fingerprint density at radius 2 is 2.24 bits per heavy atom. The van der Waals surface area contributed by atoms with Crippen molar-refractivity contribution < 1.29 is 4.39 Å². The predicted octanol–water partition coefficient (Wildman–Crippen LogP) is 3.71. The number of alkyl halides is 1. The van der Waals surface area contributed by atoms with E-state index in [1.165, 1.54) is 6.07 Å². The summed E-state index contributed by atoms with van der Waals surface area (Å²) in [7, 11) is 0. The van der Waals surface area contributed by atoms with E-state index in [9.17, 15) is 4.39 Å². The Balaban J connectivity index is 3.07. The number of para-hydroxylation sites is 1. The van der Waals surface area contributed by atoms with Crippen LogP contribution in [0.4, 0.5) is 10.1 Å². The Kier molecular flexibility index (Phi) is 5.43. The van der Waals surface area contributed by atoms with Crippen molar-refractivity contribution in [1.29, 1.82) is 5.26 Å². The summed E-state index contributed by atoms with van der Waals surface area (Å²) in [6, 6.07) is 7.24. The van der Waals surface area contributed by atoms with E-state index in [0.29, 0.717) is 24.1 Å². The highest BCUT2D eigenvalue weighted by molar-refractivity contribution is 9.08. The summed E-state index contributed by atoms with van der Waals surface area (Å²) in [5, 5.41) is 9.45. The molecule has 1 unspecified atom stereocenters. The lowest BCUT2D eigenvalue weighted by molar-refractivity contribution is 0.605. The maximum absolute atomic E-state index is 13.9. The van der Waals surface area contributed by atoms with Crippen LogP contribution in [0.1, 0.15) is 19.4 Å². The van der Waals surface area contributed by atoms with Gasteiger partial charge in [-0.1, -0.05) is 28.1 Å². The fraction of sp³-hybridized carbons (Fsp3) is 0.462. The number of nitriles is 1. The molecule has 0 aromatic heterocycles. The molecular weight excluding hydrogens is 283 g/mol. The van der Waals surface area contributed by atoms with E-state index < -0.39 is 0 Å². The van der Waals surface area contributed by atoms with Crippen LogP contribution in [0.2, 0.25) is 0 Å². The average Bonchev–Trinajstić information content (AvgIpc) is 2.35. The molecule has 0 saturated heterocycles. The van der Waals surface area contributed by atoms with Crippen molar-refractivity contribution in [3.05, 3.63) is 29.6 Å². The lowest BCUT2D eigenvalue weighted by Crippen LogP contribution is -2.29. The quantitative estimate of drug-likeness (QED) is 0.775. The predicted molar refractivity (Wildman–Crippen MR) is 71.7 cm³/mol. The smallest absolute Gasteiger partial charge is 0.146 e. The van der Waals surface area contributed by atoms with Gasteiger partial charge in [0.1, 0.15) is 5.82 Å². The van der Waals surface area contributed by atoms with Crippen molar-refractivity contribution in [3.8, 4) is 6.07 Å². The van der Waals surface area contributed by atoms with Crippen LogP contribution in [0.15, 0.2) is 18.2 Å². The molecule has 0 amide bonds. The zero-order chi connectivity index (χ0) is 12.8. The summed E-state index contributed by atoms with van der Waals surface area (Å²) >= 11 is 3.36. The van der Waals surface area contributed by atoms with Crippen molar-refractivity contribution in [3.63, 3.8) is 0 Å². The van der Waals surface area contributed by atoms with Gasteiger partial charge in [0.2, 0.25) is 0 Å². The second-order valence-corrected chi connectivity index (χ2v) is 4.51. The minimum Gasteiger partial charge on any atom is -0.368 e. The number of benzene rings is 1. The SMILES string of the molecule is CCN(CC(C)C#N)c1c(F)cccc1CBr. The number of hydrogen-bond donors (Lipinski definition) is 0. The van der Waals surface area contributed by atoms with Gasteiger partial charge < -0.3 is 4.90 Å². The first-order chi connectivity index (χ1) is 8.13. The summed E-state index contributed by atoms with van der Waals surface area (Å²) in [6.07, 6.45) is 0. The third-order valence-electron chi connectivity index (χ3n) is 2.63. The standard InChI is InChI=1S/C13H16BrFN2/c1-3-17(9-10(2)8-16)13-11(7-14)5-4-6-12(13)15/h4-6,10H,3,7,9H2,1-2H3. The van der Waals surface area contributed by atoms with Gasteiger partial charge >= 0.3 is 0 Å². The molecule has 1 aromatic rings. The van der Waals surface area contributed by atoms with Crippen LogP contribution < -0.4 is 4.90 Å². The highest BCUT2D eigenvalue weighted by Crippen LogP contribution is 2.26. The number of halogens is 2. The van der Waals surface area contributed by atoms with Crippen LogP contribution >= 0.6 is 15.9 Å². The minimum atomic E-state index is -0.228. The fourth-order valence-corrected chi connectivity index (χ4v) is 2.22. The highest BCUT2D eigenvalue weighted by Gasteiger charge is 2.16. The number of nitrogens with zero attached hydrogens (tertiary/aromatic N) is 2. The maximum Gasteiger partial charge on any atom is 0.146 e. The van der Waals surface area contributed by atoms with Crippen LogP contribution in [-0.4, -0.2) is 13.1 Å². The van der Waals surface area contributed by atoms with Gasteiger partial charge in [-0.2, -0.15) is 5.26 Å². The Labute approximate surface area is 110 Å². The van der Waals surface area contributed by atoms with Gasteiger partial charge in [-0.3, -0.25) is 0 Å². The molecule has 1 aromatic carbocycles. The van der Waals surface area contributed by atoms with Gasteiger partial charge in [-0.05, 0) is 25.5 Å². The molecule has 0 bridgehead atoms. The molecule has 0 spiro atoms. The molecule has 0 aliphatic carbocycles. The van der Waals surface area contributed by atoms with Crippen molar-refractivity contribution >= 4 is 21.6 Å². The molecular formula is C13H16BrFN2. The zero-order valence-electron chi connectivity index (χ0n) is 10.1. The summed E-state index contributed by atoms with van der Waals surface area (Å²) in [5.74, 6) is -0.341. The third-order valence-corrected chi connectivity index (χ3v) is 3.23. The summed E-state index contributed by atoms with van der Waals surface area (Å²) in [4.78, 5) is 1.92. The molecule has 0 fully saturated rings. The van der Waals surface area contributed by atoms with E-state index in [2.05, 4.69) is 22.0 Å². The van der Waals surface area contributed by atoms with E-state index in [4.69, 9.17) is 5.26 Å². The van der Waals surface area contributed by atoms with Crippen LogP contribution in [0.3, 0.4) is 0 Å². The number of anilines is 1. The van der Waals surface area contributed by atoms with Crippen molar-refractivity contribution in [2.45, 2.75) is 19.2 Å². The number of hydrogen-bond acceptors (Lipinski definition) is 2. The summed E-state index contributed by atoms with van der Waals surface area (Å²) < 4.78 is 13.9. The normalized spacial score (nSPS) is 11.9. The van der Waals surface area contributed by atoms with Gasteiger partial charge in [0.15, 0.2) is 0 Å². The molecule has 1 atom stereocenters. The average molecular weight is 299 g/mol. The van der Waals surface area contributed by atoms with Gasteiger partial charge in [0.25, 0.3) is 0 Å². The first-order valence-corrected chi connectivity index (χ1v) is 6.74. The van der Waals surface area contributed by atoms with Gasteiger partial charge in [-0.25, -0.2) is 4.39 Å². The minimum absolute atomic E-state index is 0.113. The first kappa shape index (κ1) is 14.0. The van der Waals surface area contributed by atoms with Crippen LogP contribution in [-0.2, 0) is 5.33 Å². The molecule has 2 nitrogen and oxygen atoms in total. The van der Waals surface area contributed by atoms with E-state index in [1.54, 1.807) is 6.07 Å². The fourth-order valence-electron chi connectivity index (χ4n) is 1.77.